The third-order valence-electron chi connectivity index (χ3n) is 4.24. The van der Waals surface area contributed by atoms with E-state index >= 15 is 0 Å². The molecule has 1 aliphatic heterocycles. The Hall–Kier alpha value is -1.68. The number of halogens is 1. The fraction of sp³-hybridized carbons (Fsp3) is 0.278. The Morgan fingerprint density at radius 2 is 1.64 bits per heavy atom. The number of ketones is 1. The highest BCUT2D eigenvalue weighted by Gasteiger charge is 2.46. The van der Waals surface area contributed by atoms with Crippen molar-refractivity contribution in [3.8, 4) is 0 Å². The van der Waals surface area contributed by atoms with Gasteiger partial charge in [0.1, 0.15) is 5.60 Å². The van der Waals surface area contributed by atoms with Gasteiger partial charge in [-0.3, -0.25) is 4.79 Å². The van der Waals surface area contributed by atoms with Gasteiger partial charge < -0.3 is 10.4 Å². The Kier molecular flexibility index (Phi) is 5.35. The van der Waals surface area contributed by atoms with Crippen LogP contribution < -0.4 is 5.32 Å². The molecule has 0 aromatic heterocycles. The van der Waals surface area contributed by atoms with Crippen LogP contribution in [0.1, 0.15) is 28.3 Å². The van der Waals surface area contributed by atoms with Gasteiger partial charge in [0.05, 0.1) is 0 Å². The molecule has 22 heavy (non-hydrogen) atoms. The Bertz CT molecular complexity index is 617. The number of hydrogen-bond donors (Lipinski definition) is 2. The van der Waals surface area contributed by atoms with E-state index in [4.69, 9.17) is 0 Å². The van der Waals surface area contributed by atoms with Crippen molar-refractivity contribution in [3.63, 3.8) is 0 Å². The average Bonchev–Trinajstić information content (AvgIpc) is 2.56. The summed E-state index contributed by atoms with van der Waals surface area (Å²) >= 11 is 0. The predicted molar refractivity (Wildman–Crippen MR) is 89.6 cm³/mol. The first kappa shape index (κ1) is 16.7. The zero-order chi connectivity index (χ0) is 14.7. The second kappa shape index (κ2) is 7.05. The molecule has 0 saturated carbocycles. The van der Waals surface area contributed by atoms with Crippen LogP contribution in [-0.2, 0) is 0 Å². The summed E-state index contributed by atoms with van der Waals surface area (Å²) in [5, 5.41) is 14.4. The summed E-state index contributed by atoms with van der Waals surface area (Å²) in [6.07, 6.45) is 0.431. The second-order valence-electron chi connectivity index (χ2n) is 5.54. The standard InChI is InChI=1S/C18H19NO2.ClH/c20-17(15-9-5-2-6-10-15)18(21)11-12-19-13-16(18)14-7-3-1-4-8-14;/h1-10,16,19,21H,11-13H2;1H. The molecule has 116 valence electrons. The number of carbonyl (C=O) groups excluding carboxylic acids is 1. The third kappa shape index (κ3) is 3.07. The molecule has 0 bridgehead atoms. The summed E-state index contributed by atoms with van der Waals surface area (Å²) in [5.41, 5.74) is 0.229. The van der Waals surface area contributed by atoms with Gasteiger partial charge in [0.2, 0.25) is 0 Å². The zero-order valence-corrected chi connectivity index (χ0v) is 13.1. The minimum atomic E-state index is -1.34. The molecule has 2 N–H and O–H groups in total. The van der Waals surface area contributed by atoms with E-state index in [1.54, 1.807) is 12.1 Å². The van der Waals surface area contributed by atoms with Crippen LogP contribution in [0.2, 0.25) is 0 Å². The molecule has 1 saturated heterocycles. The zero-order valence-electron chi connectivity index (χ0n) is 12.2. The van der Waals surface area contributed by atoms with E-state index in [1.165, 1.54) is 0 Å². The Balaban J connectivity index is 0.00000176. The smallest absolute Gasteiger partial charge is 0.195 e. The van der Waals surface area contributed by atoms with Crippen molar-refractivity contribution in [3.05, 3.63) is 71.8 Å². The molecule has 0 spiro atoms. The molecule has 1 fully saturated rings. The maximum Gasteiger partial charge on any atom is 0.195 e. The van der Waals surface area contributed by atoms with E-state index in [1.807, 2.05) is 48.5 Å². The quantitative estimate of drug-likeness (QED) is 0.856. The molecule has 0 amide bonds. The van der Waals surface area contributed by atoms with Crippen LogP contribution in [0, 0.1) is 0 Å². The summed E-state index contributed by atoms with van der Waals surface area (Å²) in [6, 6.07) is 18.8. The topological polar surface area (TPSA) is 49.3 Å². The van der Waals surface area contributed by atoms with E-state index in [-0.39, 0.29) is 24.1 Å². The van der Waals surface area contributed by atoms with E-state index in [0.717, 1.165) is 5.56 Å². The maximum atomic E-state index is 12.8. The van der Waals surface area contributed by atoms with Gasteiger partial charge in [-0.05, 0) is 18.5 Å². The van der Waals surface area contributed by atoms with Gasteiger partial charge in [-0.2, -0.15) is 0 Å². The summed E-state index contributed by atoms with van der Waals surface area (Å²) in [6.45, 7) is 1.26. The normalized spacial score (nSPS) is 24.3. The molecule has 2 atom stereocenters. The Labute approximate surface area is 136 Å². The molecule has 2 aromatic rings. The van der Waals surface area contributed by atoms with Crippen LogP contribution in [0.3, 0.4) is 0 Å². The van der Waals surface area contributed by atoms with Gasteiger partial charge >= 0.3 is 0 Å². The molecular formula is C18H20ClNO2. The molecule has 3 nitrogen and oxygen atoms in total. The number of hydrogen-bond acceptors (Lipinski definition) is 3. The Morgan fingerprint density at radius 3 is 2.27 bits per heavy atom. The predicted octanol–water partition coefficient (Wildman–Crippen LogP) is 2.80. The highest BCUT2D eigenvalue weighted by Crippen LogP contribution is 2.35. The minimum Gasteiger partial charge on any atom is -0.381 e. The molecule has 2 unspecified atom stereocenters. The maximum absolute atomic E-state index is 12.8. The van der Waals surface area contributed by atoms with Crippen molar-refractivity contribution < 1.29 is 9.90 Å². The third-order valence-corrected chi connectivity index (χ3v) is 4.24. The molecule has 4 heteroatoms. The number of rotatable bonds is 3. The molecule has 1 heterocycles. The van der Waals surface area contributed by atoms with Crippen molar-refractivity contribution in [2.24, 2.45) is 0 Å². The average molecular weight is 318 g/mol. The van der Waals surface area contributed by atoms with Gasteiger partial charge in [-0.15, -0.1) is 12.4 Å². The number of Topliss-reactive ketones (excluding diaryl/α,β-unsaturated/α-hetero) is 1. The molecule has 1 aliphatic rings. The molecule has 3 rings (SSSR count). The van der Waals surface area contributed by atoms with Gasteiger partial charge in [-0.25, -0.2) is 0 Å². The van der Waals surface area contributed by atoms with Crippen LogP contribution >= 0.6 is 12.4 Å². The van der Waals surface area contributed by atoms with Crippen molar-refractivity contribution in [1.29, 1.82) is 0 Å². The van der Waals surface area contributed by atoms with E-state index < -0.39 is 5.60 Å². The summed E-state index contributed by atoms with van der Waals surface area (Å²) in [7, 11) is 0. The van der Waals surface area contributed by atoms with Gasteiger partial charge in [0.25, 0.3) is 0 Å². The van der Waals surface area contributed by atoms with Crippen LogP contribution in [0.5, 0.6) is 0 Å². The van der Waals surface area contributed by atoms with E-state index in [0.29, 0.717) is 25.1 Å². The number of nitrogens with one attached hydrogen (secondary N) is 1. The monoisotopic (exact) mass is 317 g/mol. The summed E-state index contributed by atoms with van der Waals surface area (Å²) < 4.78 is 0. The van der Waals surface area contributed by atoms with Crippen molar-refractivity contribution in [2.75, 3.05) is 13.1 Å². The van der Waals surface area contributed by atoms with Crippen LogP contribution in [0.15, 0.2) is 60.7 Å². The highest BCUT2D eigenvalue weighted by molar-refractivity contribution is 6.03. The first-order valence-corrected chi connectivity index (χ1v) is 7.30. The molecule has 2 aromatic carbocycles. The minimum absolute atomic E-state index is 0. The van der Waals surface area contributed by atoms with Crippen LogP contribution in [-0.4, -0.2) is 29.6 Å². The summed E-state index contributed by atoms with van der Waals surface area (Å²) in [4.78, 5) is 12.8. The van der Waals surface area contributed by atoms with Crippen LogP contribution in [0.25, 0.3) is 0 Å². The van der Waals surface area contributed by atoms with Gasteiger partial charge in [0, 0.05) is 18.0 Å². The van der Waals surface area contributed by atoms with Crippen molar-refractivity contribution in [1.82, 2.24) is 5.32 Å². The van der Waals surface area contributed by atoms with Crippen molar-refractivity contribution >= 4 is 18.2 Å². The fourth-order valence-electron chi connectivity index (χ4n) is 3.06. The number of carbonyl (C=O) groups is 1. The fourth-order valence-corrected chi connectivity index (χ4v) is 3.06. The number of aliphatic hydroxyl groups is 1. The molecule has 0 aliphatic carbocycles. The lowest BCUT2D eigenvalue weighted by Gasteiger charge is -2.39. The highest BCUT2D eigenvalue weighted by atomic mass is 35.5. The lowest BCUT2D eigenvalue weighted by Crippen LogP contribution is -2.53. The van der Waals surface area contributed by atoms with Gasteiger partial charge in [-0.1, -0.05) is 60.7 Å². The lowest BCUT2D eigenvalue weighted by molar-refractivity contribution is 0.00239. The largest absolute Gasteiger partial charge is 0.381 e. The second-order valence-corrected chi connectivity index (χ2v) is 5.54. The van der Waals surface area contributed by atoms with E-state index in [9.17, 15) is 9.90 Å². The number of piperidine rings is 1. The summed E-state index contributed by atoms with van der Waals surface area (Å²) in [5.74, 6) is -0.404. The van der Waals surface area contributed by atoms with E-state index in [2.05, 4.69) is 5.32 Å². The first-order chi connectivity index (χ1) is 10.2. The van der Waals surface area contributed by atoms with Crippen LogP contribution in [0.4, 0.5) is 0 Å². The Morgan fingerprint density at radius 1 is 1.05 bits per heavy atom. The first-order valence-electron chi connectivity index (χ1n) is 7.30. The molecular weight excluding hydrogens is 298 g/mol. The van der Waals surface area contributed by atoms with Gasteiger partial charge in [0.15, 0.2) is 5.78 Å². The van der Waals surface area contributed by atoms with Crippen molar-refractivity contribution in [2.45, 2.75) is 17.9 Å². The lowest BCUT2D eigenvalue weighted by atomic mass is 9.73. The molecule has 0 radical (unpaired) electrons. The SMILES string of the molecule is Cl.O=C(c1ccccc1)C1(O)CCNCC1c1ccccc1. The number of benzene rings is 2.